The fourth-order valence-corrected chi connectivity index (χ4v) is 6.47. The quantitative estimate of drug-likeness (QED) is 0.113. The van der Waals surface area contributed by atoms with Crippen LogP contribution in [0, 0.1) is 6.92 Å². The number of carbonyl (C=O) groups is 2. The van der Waals surface area contributed by atoms with E-state index in [4.69, 9.17) is 10.2 Å². The SMILES string of the molecule is CC(=O)c1c(C)c2cnc(Nc3ccc(CN4CCN(CCCCCCC(=O)NO)CC4)cn3)nc2n(C2CCCC2)c1=O. The summed E-state index contributed by atoms with van der Waals surface area (Å²) in [5, 5.41) is 12.5. The Morgan fingerprint density at radius 1 is 0.977 bits per heavy atom. The second kappa shape index (κ2) is 14.8. The van der Waals surface area contributed by atoms with Crippen molar-refractivity contribution in [2.24, 2.45) is 0 Å². The van der Waals surface area contributed by atoms with Gasteiger partial charge in [0.2, 0.25) is 11.9 Å². The van der Waals surface area contributed by atoms with E-state index in [0.717, 1.165) is 102 Å². The van der Waals surface area contributed by atoms with Gasteiger partial charge < -0.3 is 10.2 Å². The van der Waals surface area contributed by atoms with Crippen molar-refractivity contribution >= 4 is 34.5 Å². The van der Waals surface area contributed by atoms with Crippen LogP contribution in [0.2, 0.25) is 0 Å². The van der Waals surface area contributed by atoms with Gasteiger partial charge in [0.25, 0.3) is 5.56 Å². The molecule has 4 heterocycles. The molecule has 236 valence electrons. The zero-order chi connectivity index (χ0) is 31.1. The van der Waals surface area contributed by atoms with Gasteiger partial charge in [-0.3, -0.25) is 29.1 Å². The molecule has 3 N–H and O–H groups in total. The average molecular weight is 605 g/mol. The van der Waals surface area contributed by atoms with E-state index in [2.05, 4.69) is 31.2 Å². The van der Waals surface area contributed by atoms with Crippen molar-refractivity contribution in [1.29, 1.82) is 0 Å². The van der Waals surface area contributed by atoms with E-state index in [1.165, 1.54) is 6.92 Å². The van der Waals surface area contributed by atoms with Crippen molar-refractivity contribution in [2.75, 3.05) is 38.0 Å². The maximum atomic E-state index is 13.5. The fourth-order valence-electron chi connectivity index (χ4n) is 6.47. The summed E-state index contributed by atoms with van der Waals surface area (Å²) in [6.07, 6.45) is 11.9. The molecule has 44 heavy (non-hydrogen) atoms. The highest BCUT2D eigenvalue weighted by Gasteiger charge is 2.26. The van der Waals surface area contributed by atoms with Gasteiger partial charge in [0.05, 0.1) is 5.56 Å². The van der Waals surface area contributed by atoms with Gasteiger partial charge in [0.15, 0.2) is 5.78 Å². The Morgan fingerprint density at radius 3 is 2.39 bits per heavy atom. The molecule has 0 radical (unpaired) electrons. The van der Waals surface area contributed by atoms with E-state index in [0.29, 0.717) is 29.4 Å². The fraction of sp³-hybridized carbons (Fsp3) is 0.562. The average Bonchev–Trinajstić information content (AvgIpc) is 3.55. The van der Waals surface area contributed by atoms with Gasteiger partial charge in [0.1, 0.15) is 11.5 Å². The molecule has 1 saturated carbocycles. The van der Waals surface area contributed by atoms with Gasteiger partial charge >= 0.3 is 0 Å². The Hall–Kier alpha value is -3.74. The summed E-state index contributed by atoms with van der Waals surface area (Å²) in [5.74, 6) is 0.451. The highest BCUT2D eigenvalue weighted by atomic mass is 16.5. The first-order valence-corrected chi connectivity index (χ1v) is 15.9. The van der Waals surface area contributed by atoms with Gasteiger partial charge in [-0.1, -0.05) is 31.7 Å². The third-order valence-corrected chi connectivity index (χ3v) is 8.94. The molecule has 0 aromatic carbocycles. The number of hydrogen-bond acceptors (Lipinski definition) is 10. The Morgan fingerprint density at radius 2 is 1.70 bits per heavy atom. The number of fused-ring (bicyclic) bond motifs is 1. The molecular formula is C32H44N8O4. The van der Waals surface area contributed by atoms with E-state index in [9.17, 15) is 14.4 Å². The van der Waals surface area contributed by atoms with E-state index in [1.807, 2.05) is 12.3 Å². The van der Waals surface area contributed by atoms with Crippen LogP contribution in [0.3, 0.4) is 0 Å². The zero-order valence-corrected chi connectivity index (χ0v) is 25.8. The lowest BCUT2D eigenvalue weighted by Gasteiger charge is -2.34. The predicted molar refractivity (Wildman–Crippen MR) is 168 cm³/mol. The molecule has 5 rings (SSSR count). The number of pyridine rings is 2. The normalized spacial score (nSPS) is 16.4. The van der Waals surface area contributed by atoms with Crippen molar-refractivity contribution < 1.29 is 14.8 Å². The lowest BCUT2D eigenvalue weighted by Crippen LogP contribution is -2.46. The van der Waals surface area contributed by atoms with Gasteiger partial charge in [-0.2, -0.15) is 4.98 Å². The van der Waals surface area contributed by atoms with Crippen LogP contribution in [0.1, 0.15) is 92.2 Å². The number of nitrogens with zero attached hydrogens (tertiary/aromatic N) is 6. The third-order valence-electron chi connectivity index (χ3n) is 8.94. The number of aryl methyl sites for hydroxylation is 1. The smallest absolute Gasteiger partial charge is 0.263 e. The van der Waals surface area contributed by atoms with Gasteiger partial charge in [-0.05, 0) is 63.3 Å². The molecule has 12 heteroatoms. The van der Waals surface area contributed by atoms with Crippen molar-refractivity contribution in [2.45, 2.75) is 84.2 Å². The number of piperazine rings is 1. The number of aromatic nitrogens is 4. The largest absolute Gasteiger partial charge is 0.309 e. The van der Waals surface area contributed by atoms with Crippen LogP contribution in [0.5, 0.6) is 0 Å². The summed E-state index contributed by atoms with van der Waals surface area (Å²) >= 11 is 0. The number of hydroxylamine groups is 1. The molecule has 1 saturated heterocycles. The molecule has 1 amide bonds. The first-order chi connectivity index (χ1) is 21.3. The summed E-state index contributed by atoms with van der Waals surface area (Å²) < 4.78 is 1.72. The van der Waals surface area contributed by atoms with E-state index < -0.39 is 0 Å². The summed E-state index contributed by atoms with van der Waals surface area (Å²) in [5.41, 5.74) is 3.98. The third kappa shape index (κ3) is 7.66. The van der Waals surface area contributed by atoms with Gasteiger partial charge in [-0.15, -0.1) is 0 Å². The highest BCUT2D eigenvalue weighted by molar-refractivity contribution is 5.99. The summed E-state index contributed by atoms with van der Waals surface area (Å²) in [7, 11) is 0. The number of rotatable bonds is 13. The monoisotopic (exact) mass is 604 g/mol. The second-order valence-corrected chi connectivity index (χ2v) is 12.1. The maximum absolute atomic E-state index is 13.5. The number of nitrogens with one attached hydrogen (secondary N) is 2. The number of hydrogen-bond donors (Lipinski definition) is 3. The number of carbonyl (C=O) groups excluding carboxylic acids is 2. The standard InChI is InChI=1S/C32H44N8O4/c1-22-26-20-34-32(36-30(26)40(25-9-6-7-10-25)31(43)29(22)23(2)41)35-27-13-12-24(19-33-27)21-39-17-15-38(16-18-39)14-8-4-3-5-11-28(42)37-44/h12-13,19-20,25,44H,3-11,14-18,21H2,1-2H3,(H,37,42)(H,33,34,35,36). The van der Waals surface area contributed by atoms with Crippen LogP contribution in [-0.2, 0) is 11.3 Å². The Balaban J connectivity index is 1.15. The molecule has 3 aromatic rings. The van der Waals surface area contributed by atoms with Crippen molar-refractivity contribution in [3.05, 3.63) is 51.6 Å². The topological polar surface area (TPSA) is 146 Å². The van der Waals surface area contributed by atoms with Crippen LogP contribution in [-0.4, -0.2) is 78.9 Å². The Labute approximate surface area is 257 Å². The number of Topliss-reactive ketones (excluding diaryl/α,β-unsaturated/α-hetero) is 1. The van der Waals surface area contributed by atoms with Crippen molar-refractivity contribution in [3.8, 4) is 0 Å². The van der Waals surface area contributed by atoms with Crippen molar-refractivity contribution in [1.82, 2.24) is 34.8 Å². The zero-order valence-electron chi connectivity index (χ0n) is 25.8. The van der Waals surface area contributed by atoms with Crippen LogP contribution in [0.15, 0.2) is 29.3 Å². The minimum atomic E-state index is -0.311. The number of unbranched alkanes of at least 4 members (excludes halogenated alkanes) is 3. The number of anilines is 2. The molecule has 1 aliphatic carbocycles. The number of ketones is 1. The lowest BCUT2D eigenvalue weighted by atomic mass is 10.0. The van der Waals surface area contributed by atoms with E-state index >= 15 is 0 Å². The molecule has 2 aliphatic rings. The number of amides is 1. The minimum absolute atomic E-state index is 0.0320. The first kappa shape index (κ1) is 31.7. The molecular weight excluding hydrogens is 560 g/mol. The van der Waals surface area contributed by atoms with Crippen LogP contribution in [0.4, 0.5) is 11.8 Å². The Bertz CT molecular complexity index is 1510. The van der Waals surface area contributed by atoms with Gasteiger partial charge in [-0.25, -0.2) is 15.4 Å². The molecule has 0 atom stereocenters. The second-order valence-electron chi connectivity index (χ2n) is 12.1. The van der Waals surface area contributed by atoms with E-state index in [-0.39, 0.29) is 28.9 Å². The summed E-state index contributed by atoms with van der Waals surface area (Å²) in [6, 6.07) is 4.03. The molecule has 0 spiro atoms. The van der Waals surface area contributed by atoms with Crippen molar-refractivity contribution in [3.63, 3.8) is 0 Å². The molecule has 0 bridgehead atoms. The minimum Gasteiger partial charge on any atom is -0.309 e. The van der Waals surface area contributed by atoms with E-state index in [1.54, 1.807) is 23.2 Å². The molecule has 12 nitrogen and oxygen atoms in total. The highest BCUT2D eigenvalue weighted by Crippen LogP contribution is 2.32. The maximum Gasteiger partial charge on any atom is 0.263 e. The Kier molecular flexibility index (Phi) is 10.7. The van der Waals surface area contributed by atoms with Gasteiger partial charge in [0, 0.05) is 63.0 Å². The predicted octanol–water partition coefficient (Wildman–Crippen LogP) is 4.13. The molecule has 3 aromatic heterocycles. The molecule has 1 aliphatic heterocycles. The van der Waals surface area contributed by atoms with Crippen LogP contribution >= 0.6 is 0 Å². The van der Waals surface area contributed by atoms with Crippen LogP contribution < -0.4 is 16.4 Å². The summed E-state index contributed by atoms with van der Waals surface area (Å²) in [6.45, 7) is 9.25. The molecule has 2 fully saturated rings. The summed E-state index contributed by atoms with van der Waals surface area (Å²) in [4.78, 5) is 55.7. The lowest BCUT2D eigenvalue weighted by molar-refractivity contribution is -0.129. The first-order valence-electron chi connectivity index (χ1n) is 15.9. The molecule has 0 unspecified atom stereocenters. The van der Waals surface area contributed by atoms with Crippen LogP contribution in [0.25, 0.3) is 11.0 Å².